The van der Waals surface area contributed by atoms with Gasteiger partial charge < -0.3 is 10.5 Å². The summed E-state index contributed by atoms with van der Waals surface area (Å²) in [7, 11) is 0. The number of fused-ring (bicyclic) bond motifs is 1. The van der Waals surface area contributed by atoms with Crippen LogP contribution in [-0.4, -0.2) is 5.60 Å². The van der Waals surface area contributed by atoms with E-state index in [4.69, 9.17) is 10.5 Å². The summed E-state index contributed by atoms with van der Waals surface area (Å²) in [5, 5.41) is 0. The molecule has 0 aromatic heterocycles. The number of nitrogens with two attached hydrogens (primary N) is 1. The van der Waals surface area contributed by atoms with Gasteiger partial charge in [-0.15, -0.1) is 0 Å². The van der Waals surface area contributed by atoms with Crippen molar-refractivity contribution in [2.75, 3.05) is 0 Å². The minimum absolute atomic E-state index is 0.188. The monoisotopic (exact) mass is 349 g/mol. The molecule has 0 saturated heterocycles. The fourth-order valence-corrected chi connectivity index (χ4v) is 3.14. The topological polar surface area (TPSA) is 35.2 Å². The van der Waals surface area contributed by atoms with Crippen LogP contribution in [0, 0.1) is 5.82 Å². The molecule has 1 atom stereocenters. The van der Waals surface area contributed by atoms with E-state index < -0.39 is 6.04 Å². The first kappa shape index (κ1) is 14.5. The van der Waals surface area contributed by atoms with E-state index in [1.807, 2.05) is 18.2 Å². The summed E-state index contributed by atoms with van der Waals surface area (Å²) < 4.78 is 20.5. The maximum atomic E-state index is 14.2. The van der Waals surface area contributed by atoms with Crippen LogP contribution < -0.4 is 10.5 Å². The highest BCUT2D eigenvalue weighted by atomic mass is 79.9. The minimum Gasteiger partial charge on any atom is -0.487 e. The molecular formula is C17H17BrFNO. The van der Waals surface area contributed by atoms with E-state index in [1.165, 1.54) is 0 Å². The van der Waals surface area contributed by atoms with Crippen LogP contribution in [0.3, 0.4) is 0 Å². The molecule has 1 heterocycles. The molecule has 3 rings (SSSR count). The number of ether oxygens (including phenoxy) is 1. The molecule has 2 aromatic carbocycles. The Morgan fingerprint density at radius 3 is 2.81 bits per heavy atom. The summed E-state index contributed by atoms with van der Waals surface area (Å²) in [5.74, 6) is 0.591. The third kappa shape index (κ3) is 2.70. The van der Waals surface area contributed by atoms with Crippen LogP contribution >= 0.6 is 15.9 Å². The van der Waals surface area contributed by atoms with Gasteiger partial charge in [0.25, 0.3) is 0 Å². The van der Waals surface area contributed by atoms with E-state index in [2.05, 4.69) is 29.8 Å². The maximum Gasteiger partial charge on any atom is 0.142 e. The number of rotatable bonds is 2. The average molecular weight is 350 g/mol. The first-order chi connectivity index (χ1) is 9.87. The van der Waals surface area contributed by atoms with Crippen LogP contribution in [-0.2, 0) is 6.42 Å². The van der Waals surface area contributed by atoms with Crippen molar-refractivity contribution in [2.24, 2.45) is 5.73 Å². The van der Waals surface area contributed by atoms with Gasteiger partial charge in [0.05, 0.1) is 10.5 Å². The van der Waals surface area contributed by atoms with Gasteiger partial charge in [0.1, 0.15) is 17.2 Å². The molecule has 0 fully saturated rings. The van der Waals surface area contributed by atoms with Crippen LogP contribution in [0.5, 0.6) is 5.75 Å². The van der Waals surface area contributed by atoms with Gasteiger partial charge in [-0.25, -0.2) is 4.39 Å². The van der Waals surface area contributed by atoms with E-state index in [0.29, 0.717) is 10.0 Å². The normalized spacial score (nSPS) is 17.2. The molecule has 2 N–H and O–H groups in total. The van der Waals surface area contributed by atoms with Crippen LogP contribution in [0.15, 0.2) is 40.9 Å². The Hall–Kier alpha value is -1.39. The standard InChI is InChI=1S/C17H17BrFNO/c1-17(2)9-11-8-10(6-7-14(11)21-17)16(20)12-4-3-5-13(18)15(12)19/h3-8,16H,9,20H2,1-2H3. The highest BCUT2D eigenvalue weighted by Crippen LogP contribution is 2.37. The van der Waals surface area contributed by atoms with E-state index >= 15 is 0 Å². The average Bonchev–Trinajstić information content (AvgIpc) is 2.73. The summed E-state index contributed by atoms with van der Waals surface area (Å²) in [4.78, 5) is 0. The maximum absolute atomic E-state index is 14.2. The lowest BCUT2D eigenvalue weighted by Crippen LogP contribution is -2.24. The zero-order valence-corrected chi connectivity index (χ0v) is 13.6. The zero-order valence-electron chi connectivity index (χ0n) is 12.0. The van der Waals surface area contributed by atoms with Gasteiger partial charge in [-0.2, -0.15) is 0 Å². The Balaban J connectivity index is 1.97. The second kappa shape index (κ2) is 5.11. The van der Waals surface area contributed by atoms with E-state index in [0.717, 1.165) is 23.3 Å². The van der Waals surface area contributed by atoms with Crippen molar-refractivity contribution in [3.05, 3.63) is 63.4 Å². The van der Waals surface area contributed by atoms with Crippen molar-refractivity contribution in [3.8, 4) is 5.75 Å². The molecule has 0 bridgehead atoms. The molecule has 1 aliphatic rings. The number of halogens is 2. The number of benzene rings is 2. The summed E-state index contributed by atoms with van der Waals surface area (Å²) in [6.07, 6.45) is 0.837. The fraction of sp³-hybridized carbons (Fsp3) is 0.294. The van der Waals surface area contributed by atoms with E-state index in [-0.39, 0.29) is 11.4 Å². The van der Waals surface area contributed by atoms with Crippen molar-refractivity contribution < 1.29 is 9.13 Å². The molecule has 2 nitrogen and oxygen atoms in total. The van der Waals surface area contributed by atoms with Crippen molar-refractivity contribution in [3.63, 3.8) is 0 Å². The third-order valence-corrected chi connectivity index (χ3v) is 4.38. The molecule has 21 heavy (non-hydrogen) atoms. The third-order valence-electron chi connectivity index (χ3n) is 3.76. The van der Waals surface area contributed by atoms with Crippen molar-refractivity contribution in [1.29, 1.82) is 0 Å². The Kier molecular flexibility index (Phi) is 3.54. The van der Waals surface area contributed by atoms with Gasteiger partial charge in [0.15, 0.2) is 0 Å². The van der Waals surface area contributed by atoms with Gasteiger partial charge in [-0.3, -0.25) is 0 Å². The SMILES string of the molecule is CC1(C)Cc2cc(C(N)c3cccc(Br)c3F)ccc2O1. The van der Waals surface area contributed by atoms with Gasteiger partial charge in [0.2, 0.25) is 0 Å². The molecule has 4 heteroatoms. The van der Waals surface area contributed by atoms with Gasteiger partial charge in [-0.1, -0.05) is 24.3 Å². The quantitative estimate of drug-likeness (QED) is 0.874. The van der Waals surface area contributed by atoms with E-state index in [1.54, 1.807) is 18.2 Å². The summed E-state index contributed by atoms with van der Waals surface area (Å²) in [6, 6.07) is 10.6. The number of hydrogen-bond donors (Lipinski definition) is 1. The van der Waals surface area contributed by atoms with Crippen LogP contribution in [0.25, 0.3) is 0 Å². The van der Waals surface area contributed by atoms with Crippen molar-refractivity contribution in [2.45, 2.75) is 31.9 Å². The van der Waals surface area contributed by atoms with Crippen LogP contribution in [0.2, 0.25) is 0 Å². The minimum atomic E-state index is -0.489. The van der Waals surface area contributed by atoms with E-state index in [9.17, 15) is 4.39 Å². The van der Waals surface area contributed by atoms with Crippen molar-refractivity contribution in [1.82, 2.24) is 0 Å². The lowest BCUT2D eigenvalue weighted by atomic mass is 9.95. The Bertz CT molecular complexity index is 699. The zero-order chi connectivity index (χ0) is 15.2. The molecule has 0 saturated carbocycles. The van der Waals surface area contributed by atoms with Crippen LogP contribution in [0.1, 0.15) is 36.6 Å². The Morgan fingerprint density at radius 1 is 1.29 bits per heavy atom. The Labute approximate surface area is 132 Å². The molecule has 1 aliphatic heterocycles. The molecule has 0 amide bonds. The van der Waals surface area contributed by atoms with Crippen LogP contribution in [0.4, 0.5) is 4.39 Å². The largest absolute Gasteiger partial charge is 0.487 e. The first-order valence-electron chi connectivity index (χ1n) is 6.89. The molecule has 0 aliphatic carbocycles. The summed E-state index contributed by atoms with van der Waals surface area (Å²) >= 11 is 3.20. The molecule has 0 spiro atoms. The molecule has 0 radical (unpaired) electrons. The predicted octanol–water partition coefficient (Wildman–Crippen LogP) is 4.35. The lowest BCUT2D eigenvalue weighted by Gasteiger charge is -2.16. The second-order valence-corrected chi connectivity index (χ2v) is 6.88. The lowest BCUT2D eigenvalue weighted by molar-refractivity contribution is 0.138. The van der Waals surface area contributed by atoms with Gasteiger partial charge in [-0.05, 0) is 53.0 Å². The van der Waals surface area contributed by atoms with Gasteiger partial charge in [0, 0.05) is 12.0 Å². The second-order valence-electron chi connectivity index (χ2n) is 6.03. The van der Waals surface area contributed by atoms with Crippen molar-refractivity contribution >= 4 is 15.9 Å². The summed E-state index contributed by atoms with van der Waals surface area (Å²) in [6.45, 7) is 4.11. The Morgan fingerprint density at radius 2 is 2.05 bits per heavy atom. The van der Waals surface area contributed by atoms with Gasteiger partial charge >= 0.3 is 0 Å². The predicted molar refractivity (Wildman–Crippen MR) is 85.0 cm³/mol. The highest BCUT2D eigenvalue weighted by molar-refractivity contribution is 9.10. The molecule has 2 aromatic rings. The number of hydrogen-bond acceptors (Lipinski definition) is 2. The fourth-order valence-electron chi connectivity index (χ4n) is 2.76. The highest BCUT2D eigenvalue weighted by Gasteiger charge is 2.30. The first-order valence-corrected chi connectivity index (χ1v) is 7.68. The molecule has 110 valence electrons. The summed E-state index contributed by atoms with van der Waals surface area (Å²) in [5.41, 5.74) is 8.57. The molecular weight excluding hydrogens is 333 g/mol. The molecule has 1 unspecified atom stereocenters. The smallest absolute Gasteiger partial charge is 0.142 e.